The Bertz CT molecular complexity index is 3520. The zero-order valence-electron chi connectivity index (χ0n) is 43.6. The van der Waals surface area contributed by atoms with Gasteiger partial charge in [0.25, 0.3) is 11.8 Å². The van der Waals surface area contributed by atoms with E-state index < -0.39 is 80.3 Å². The molecule has 0 saturated carbocycles. The van der Waals surface area contributed by atoms with Gasteiger partial charge in [-0.3, -0.25) is 18.7 Å². The number of benzene rings is 6. The molecule has 2 aliphatic rings. The van der Waals surface area contributed by atoms with Crippen molar-refractivity contribution in [2.45, 2.75) is 75.4 Å². The molecule has 2 amide bonds. The minimum atomic E-state index is -1.96. The first-order valence-corrected chi connectivity index (χ1v) is 27.5. The van der Waals surface area contributed by atoms with E-state index in [1.165, 1.54) is 43.6 Å². The number of phenols is 2. The normalized spacial score (nSPS) is 16.7. The molecule has 2 aliphatic heterocycles. The molecule has 1 fully saturated rings. The molecule has 10 rings (SSSR count). The van der Waals surface area contributed by atoms with Gasteiger partial charge in [-0.1, -0.05) is 157 Å². The molecule has 1 saturated heterocycles. The molecule has 0 aliphatic carbocycles. The van der Waals surface area contributed by atoms with Crippen molar-refractivity contribution in [3.05, 3.63) is 220 Å². The molecular formula is C60H55N7O10S2. The van der Waals surface area contributed by atoms with Crippen LogP contribution in [-0.2, 0) is 56.4 Å². The van der Waals surface area contributed by atoms with E-state index in [4.69, 9.17) is 19.3 Å². The van der Waals surface area contributed by atoms with E-state index in [0.29, 0.717) is 27.3 Å². The third kappa shape index (κ3) is 10.9. The fourth-order valence-corrected chi connectivity index (χ4v) is 11.9. The lowest BCUT2D eigenvalue weighted by Gasteiger charge is -2.49. The maximum absolute atomic E-state index is 15.0. The van der Waals surface area contributed by atoms with Gasteiger partial charge in [-0.05, 0) is 68.0 Å². The summed E-state index contributed by atoms with van der Waals surface area (Å²) in [5.74, 6) is -4.47. The lowest BCUT2D eigenvalue weighted by Crippen LogP contribution is -2.74. The third-order valence-electron chi connectivity index (χ3n) is 13.3. The van der Waals surface area contributed by atoms with E-state index in [1.807, 2.05) is 152 Å². The lowest BCUT2D eigenvalue weighted by atomic mass is 9.77. The van der Waals surface area contributed by atoms with Crippen molar-refractivity contribution in [1.29, 1.82) is 0 Å². The Balaban J connectivity index is 1.01. The summed E-state index contributed by atoms with van der Waals surface area (Å²) >= 11 is 1.18. The summed E-state index contributed by atoms with van der Waals surface area (Å²) < 4.78 is 28.2. The SMILES string of the molecule is CC(C)(C)OC(=O)C(C)(C)O/N=C(\C(=O)NC1C(=O)N2C(C(=O)OC(c3ccccc3)c3ccccc3)=C(Cn3cnc4cc(O)c(O)cc43)CS(=O)C12)c1csc(NC(c2ccccc2)(c2ccccc2)c2ccccc2)n1. The number of amides is 2. The van der Waals surface area contributed by atoms with Crippen LogP contribution in [0.2, 0.25) is 0 Å². The number of hydrogen-bond acceptors (Lipinski definition) is 15. The molecular weight excluding hydrogens is 1040 g/mol. The summed E-state index contributed by atoms with van der Waals surface area (Å²) in [6.07, 6.45) is 0.499. The van der Waals surface area contributed by atoms with Crippen LogP contribution in [0.5, 0.6) is 11.5 Å². The number of aromatic hydroxyl groups is 2. The summed E-state index contributed by atoms with van der Waals surface area (Å²) in [4.78, 5) is 74.5. The highest BCUT2D eigenvalue weighted by molar-refractivity contribution is 7.86. The van der Waals surface area contributed by atoms with Gasteiger partial charge in [-0.2, -0.15) is 0 Å². The Morgan fingerprint density at radius 2 is 1.32 bits per heavy atom. The molecule has 79 heavy (non-hydrogen) atoms. The van der Waals surface area contributed by atoms with Crippen molar-refractivity contribution in [1.82, 2.24) is 24.8 Å². The topological polar surface area (TPSA) is 224 Å². The second-order valence-electron chi connectivity index (χ2n) is 20.4. The van der Waals surface area contributed by atoms with E-state index >= 15 is 0 Å². The van der Waals surface area contributed by atoms with Crippen LogP contribution in [0, 0.1) is 0 Å². The number of ether oxygens (including phenoxy) is 2. The fraction of sp³-hybridized carbons (Fsp3) is 0.217. The lowest BCUT2D eigenvalue weighted by molar-refractivity contribution is -0.179. The van der Waals surface area contributed by atoms with Gasteiger partial charge in [0.05, 0.1) is 33.9 Å². The second-order valence-corrected chi connectivity index (χ2v) is 22.8. The number of carbonyl (C=O) groups excluding carboxylic acids is 4. The first-order chi connectivity index (χ1) is 37.9. The van der Waals surface area contributed by atoms with Crippen molar-refractivity contribution in [3.63, 3.8) is 0 Å². The first-order valence-electron chi connectivity index (χ1n) is 25.2. The first kappa shape index (κ1) is 53.5. The molecule has 6 aromatic carbocycles. The van der Waals surface area contributed by atoms with Crippen LogP contribution >= 0.6 is 11.3 Å². The highest BCUT2D eigenvalue weighted by Gasteiger charge is 2.58. The second kappa shape index (κ2) is 21.8. The number of fused-ring (bicyclic) bond motifs is 2. The monoisotopic (exact) mass is 1100 g/mol. The molecule has 0 radical (unpaired) electrons. The van der Waals surface area contributed by atoms with Gasteiger partial charge in [0, 0.05) is 24.1 Å². The number of esters is 2. The highest BCUT2D eigenvalue weighted by atomic mass is 32.2. The van der Waals surface area contributed by atoms with E-state index in [1.54, 1.807) is 30.7 Å². The number of rotatable bonds is 17. The van der Waals surface area contributed by atoms with E-state index in [-0.39, 0.29) is 35.0 Å². The van der Waals surface area contributed by atoms with E-state index in [9.17, 15) is 33.6 Å². The molecule has 3 unspecified atom stereocenters. The van der Waals surface area contributed by atoms with Crippen LogP contribution in [0.4, 0.5) is 5.13 Å². The fourth-order valence-electron chi connectivity index (χ4n) is 9.52. The zero-order chi connectivity index (χ0) is 55.6. The molecule has 0 bridgehead atoms. The van der Waals surface area contributed by atoms with Crippen molar-refractivity contribution in [2.75, 3.05) is 11.1 Å². The van der Waals surface area contributed by atoms with Gasteiger partial charge in [-0.25, -0.2) is 19.6 Å². The number of oxime groups is 1. The van der Waals surface area contributed by atoms with Crippen LogP contribution in [0.25, 0.3) is 11.0 Å². The number of imidazole rings is 1. The van der Waals surface area contributed by atoms with Crippen molar-refractivity contribution in [2.24, 2.45) is 5.16 Å². The number of nitrogens with one attached hydrogen (secondary N) is 2. The summed E-state index contributed by atoms with van der Waals surface area (Å²) in [5.41, 5.74) is 0.658. The van der Waals surface area contributed by atoms with Crippen LogP contribution in [-0.4, -0.2) is 91.7 Å². The minimum absolute atomic E-state index is 0.00713. The average Bonchev–Trinajstić information content (AvgIpc) is 4.18. The van der Waals surface area contributed by atoms with Crippen LogP contribution < -0.4 is 10.6 Å². The Labute approximate surface area is 461 Å². The molecule has 2 aromatic heterocycles. The zero-order valence-corrected chi connectivity index (χ0v) is 45.2. The van der Waals surface area contributed by atoms with Gasteiger partial charge in [0.15, 0.2) is 28.4 Å². The van der Waals surface area contributed by atoms with Crippen LogP contribution in [0.3, 0.4) is 0 Å². The molecule has 17 nitrogen and oxygen atoms in total. The smallest absolute Gasteiger partial charge is 0.356 e. The number of aromatic nitrogens is 3. The van der Waals surface area contributed by atoms with Crippen molar-refractivity contribution in [3.8, 4) is 11.5 Å². The average molecular weight is 1100 g/mol. The quantitative estimate of drug-likeness (QED) is 0.0167. The number of anilines is 1. The summed E-state index contributed by atoms with van der Waals surface area (Å²) in [5, 5.41) is 32.1. The molecule has 19 heteroatoms. The number of β-lactam (4-membered cyclic amide) rings is 1. The van der Waals surface area contributed by atoms with Gasteiger partial charge in [0.1, 0.15) is 33.9 Å². The Morgan fingerprint density at radius 1 is 0.785 bits per heavy atom. The van der Waals surface area contributed by atoms with Crippen molar-refractivity contribution < 1.29 is 47.9 Å². The van der Waals surface area contributed by atoms with Gasteiger partial charge >= 0.3 is 11.9 Å². The summed E-state index contributed by atoms with van der Waals surface area (Å²) in [7, 11) is -1.96. The van der Waals surface area contributed by atoms with Crippen LogP contribution in [0.15, 0.2) is 192 Å². The Kier molecular flexibility index (Phi) is 14.8. The van der Waals surface area contributed by atoms with Crippen molar-refractivity contribution >= 4 is 67.8 Å². The predicted octanol–water partition coefficient (Wildman–Crippen LogP) is 8.85. The molecule has 3 atom stereocenters. The third-order valence-corrected chi connectivity index (χ3v) is 15.7. The Hall–Kier alpha value is -8.94. The maximum atomic E-state index is 15.0. The minimum Gasteiger partial charge on any atom is -0.504 e. The predicted molar refractivity (Wildman–Crippen MR) is 299 cm³/mol. The number of carbonyl (C=O) groups is 4. The number of nitrogens with zero attached hydrogens (tertiary/aromatic N) is 5. The molecule has 0 spiro atoms. The Morgan fingerprint density at radius 3 is 1.86 bits per heavy atom. The molecule has 402 valence electrons. The summed E-state index contributed by atoms with van der Waals surface area (Å²) in [6.45, 7) is 7.84. The van der Waals surface area contributed by atoms with Gasteiger partial charge in [0.2, 0.25) is 5.60 Å². The maximum Gasteiger partial charge on any atom is 0.356 e. The summed E-state index contributed by atoms with van der Waals surface area (Å²) in [6, 6.07) is 48.8. The number of thiazole rings is 1. The van der Waals surface area contributed by atoms with Gasteiger partial charge in [-0.15, -0.1) is 11.3 Å². The number of hydrogen-bond donors (Lipinski definition) is 4. The highest BCUT2D eigenvalue weighted by Crippen LogP contribution is 2.42. The van der Waals surface area contributed by atoms with Crippen LogP contribution in [0.1, 0.15) is 74.2 Å². The van der Waals surface area contributed by atoms with E-state index in [0.717, 1.165) is 21.6 Å². The molecule has 8 aromatic rings. The standard InChI is InChI=1S/C60H55N7O10S2/c1-58(2,3)76-56(73)59(4,5)77-65-48(44-34-78-57(62-44)64-60(40-25-15-8-16-26-40,41-27-17-9-18-28-41)42-29-19-10-20-30-42)52(70)63-49-53(71)67-50(55(72)75-51(37-21-11-6-12-22-37)38-23-13-7-14-24-38)39(35-79(74)54(49)67)33-66-36-61-43-31-46(68)47(69)32-45(43)66/h6-32,34,36,49,51,54,68-69H,33,35H2,1-5H3,(H,62,64)(H,63,70)/b65-48-. The number of phenolic OH excluding ortho intramolecular Hbond substituents is 2. The largest absolute Gasteiger partial charge is 0.504 e. The van der Waals surface area contributed by atoms with E-state index in [2.05, 4.69) is 20.8 Å². The van der Waals surface area contributed by atoms with Gasteiger partial charge < -0.3 is 39.7 Å². The molecule has 4 N–H and O–H groups in total. The molecule has 4 heterocycles.